The van der Waals surface area contributed by atoms with Crippen LogP contribution < -0.4 is 11.5 Å². The molecule has 1 aliphatic rings. The number of hydrogen-bond acceptors (Lipinski definition) is 2. The van der Waals surface area contributed by atoms with Crippen LogP contribution in [0.2, 0.25) is 10.0 Å². The van der Waals surface area contributed by atoms with Crippen LogP contribution in [0.15, 0.2) is 12.1 Å². The summed E-state index contributed by atoms with van der Waals surface area (Å²) < 4.78 is 0. The highest BCUT2D eigenvalue weighted by Crippen LogP contribution is 2.43. The molecule has 1 atom stereocenters. The van der Waals surface area contributed by atoms with Crippen molar-refractivity contribution in [1.82, 2.24) is 0 Å². The standard InChI is InChI=1S/C10H12Cl2N2/c11-8-6(10(14)5-1-2-5)3-4-7(13)9(8)12/h3-5,10H,1-2,13-14H2/t10-/m1/s1. The predicted molar refractivity (Wildman–Crippen MR) is 60.5 cm³/mol. The number of hydrogen-bond donors (Lipinski definition) is 2. The maximum absolute atomic E-state index is 6.07. The van der Waals surface area contributed by atoms with Gasteiger partial charge >= 0.3 is 0 Å². The van der Waals surface area contributed by atoms with Gasteiger partial charge in [0.05, 0.1) is 15.7 Å². The summed E-state index contributed by atoms with van der Waals surface area (Å²) in [6.07, 6.45) is 2.36. The predicted octanol–water partition coefficient (Wildman–Crippen LogP) is 2.99. The molecule has 4 heteroatoms. The van der Waals surface area contributed by atoms with Crippen LogP contribution in [-0.2, 0) is 0 Å². The molecule has 0 bridgehead atoms. The van der Waals surface area contributed by atoms with Gasteiger partial charge in [-0.2, -0.15) is 0 Å². The minimum atomic E-state index is 0.000556. The minimum Gasteiger partial charge on any atom is -0.397 e. The van der Waals surface area contributed by atoms with Crippen LogP contribution >= 0.6 is 23.2 Å². The molecule has 1 saturated carbocycles. The number of nitrogen functional groups attached to an aromatic ring is 1. The van der Waals surface area contributed by atoms with Gasteiger partial charge < -0.3 is 11.5 Å². The summed E-state index contributed by atoms with van der Waals surface area (Å²) in [5, 5.41) is 0.923. The van der Waals surface area contributed by atoms with Gasteiger partial charge in [0.2, 0.25) is 0 Å². The first-order chi connectivity index (χ1) is 6.61. The normalized spacial score (nSPS) is 18.2. The molecule has 1 aliphatic carbocycles. The van der Waals surface area contributed by atoms with E-state index in [9.17, 15) is 0 Å². The van der Waals surface area contributed by atoms with E-state index in [0.717, 1.165) is 5.56 Å². The molecular weight excluding hydrogens is 219 g/mol. The molecule has 1 aromatic rings. The first kappa shape index (κ1) is 10.1. The number of nitrogens with two attached hydrogens (primary N) is 2. The quantitative estimate of drug-likeness (QED) is 0.768. The first-order valence-electron chi connectivity index (χ1n) is 4.60. The zero-order valence-corrected chi connectivity index (χ0v) is 9.15. The fourth-order valence-corrected chi connectivity index (χ4v) is 2.02. The van der Waals surface area contributed by atoms with Crippen LogP contribution in [0.1, 0.15) is 24.4 Å². The SMILES string of the molecule is Nc1ccc([C@H](N)C2CC2)c(Cl)c1Cl. The Hall–Kier alpha value is -0.440. The third-order valence-corrected chi connectivity index (χ3v) is 3.54. The van der Waals surface area contributed by atoms with E-state index in [1.165, 1.54) is 12.8 Å². The van der Waals surface area contributed by atoms with Gasteiger partial charge in [0.1, 0.15) is 0 Å². The monoisotopic (exact) mass is 230 g/mol. The fraction of sp³-hybridized carbons (Fsp3) is 0.400. The Morgan fingerprint density at radius 3 is 2.43 bits per heavy atom. The summed E-state index contributed by atoms with van der Waals surface area (Å²) >= 11 is 12.0. The molecule has 76 valence electrons. The van der Waals surface area contributed by atoms with Crippen molar-refractivity contribution in [3.8, 4) is 0 Å². The van der Waals surface area contributed by atoms with Crippen LogP contribution in [0, 0.1) is 5.92 Å². The largest absolute Gasteiger partial charge is 0.397 e. The van der Waals surface area contributed by atoms with Gasteiger partial charge in [-0.1, -0.05) is 29.3 Å². The smallest absolute Gasteiger partial charge is 0.0824 e. The second-order valence-electron chi connectivity index (χ2n) is 3.74. The molecule has 2 rings (SSSR count). The molecule has 0 spiro atoms. The maximum atomic E-state index is 6.07. The van der Waals surface area contributed by atoms with Gasteiger partial charge in [-0.05, 0) is 30.4 Å². The van der Waals surface area contributed by atoms with E-state index in [-0.39, 0.29) is 6.04 Å². The highest BCUT2D eigenvalue weighted by molar-refractivity contribution is 6.44. The number of halogens is 2. The Morgan fingerprint density at radius 1 is 1.21 bits per heavy atom. The van der Waals surface area contributed by atoms with Gasteiger partial charge in [0.15, 0.2) is 0 Å². The van der Waals surface area contributed by atoms with Gasteiger partial charge in [0, 0.05) is 6.04 Å². The van der Waals surface area contributed by atoms with Gasteiger partial charge in [-0.15, -0.1) is 0 Å². The molecule has 2 nitrogen and oxygen atoms in total. The Kier molecular flexibility index (Phi) is 2.60. The lowest BCUT2D eigenvalue weighted by Gasteiger charge is -2.14. The van der Waals surface area contributed by atoms with E-state index < -0.39 is 0 Å². The van der Waals surface area contributed by atoms with E-state index in [1.54, 1.807) is 6.07 Å². The second-order valence-corrected chi connectivity index (χ2v) is 4.49. The van der Waals surface area contributed by atoms with E-state index in [0.29, 0.717) is 21.7 Å². The average Bonchev–Trinajstić information content (AvgIpc) is 2.97. The summed E-state index contributed by atoms with van der Waals surface area (Å²) in [4.78, 5) is 0. The molecular formula is C10H12Cl2N2. The third kappa shape index (κ3) is 1.70. The number of rotatable bonds is 2. The van der Waals surface area contributed by atoms with Crippen LogP contribution in [0.4, 0.5) is 5.69 Å². The Morgan fingerprint density at radius 2 is 1.86 bits per heavy atom. The summed E-state index contributed by atoms with van der Waals surface area (Å²) in [5.41, 5.74) is 13.1. The maximum Gasteiger partial charge on any atom is 0.0824 e. The molecule has 4 N–H and O–H groups in total. The lowest BCUT2D eigenvalue weighted by atomic mass is 10.0. The molecule has 0 unspecified atom stereocenters. The Labute approximate surface area is 93.2 Å². The molecule has 0 aromatic heterocycles. The molecule has 0 amide bonds. The molecule has 0 aliphatic heterocycles. The second kappa shape index (κ2) is 3.61. The van der Waals surface area contributed by atoms with Crippen molar-refractivity contribution in [2.24, 2.45) is 11.7 Å². The summed E-state index contributed by atoms with van der Waals surface area (Å²) in [6.45, 7) is 0. The van der Waals surface area contributed by atoms with Crippen molar-refractivity contribution < 1.29 is 0 Å². The zero-order valence-electron chi connectivity index (χ0n) is 7.63. The van der Waals surface area contributed by atoms with Crippen LogP contribution in [0.25, 0.3) is 0 Å². The van der Waals surface area contributed by atoms with Crippen molar-refractivity contribution in [2.75, 3.05) is 5.73 Å². The number of benzene rings is 1. The molecule has 0 heterocycles. The lowest BCUT2D eigenvalue weighted by Crippen LogP contribution is -2.13. The molecule has 1 aromatic carbocycles. The average molecular weight is 231 g/mol. The molecule has 0 radical (unpaired) electrons. The van der Waals surface area contributed by atoms with E-state index >= 15 is 0 Å². The summed E-state index contributed by atoms with van der Waals surface area (Å²) in [6, 6.07) is 3.62. The first-order valence-corrected chi connectivity index (χ1v) is 5.36. The van der Waals surface area contributed by atoms with E-state index in [1.807, 2.05) is 6.07 Å². The van der Waals surface area contributed by atoms with Crippen molar-refractivity contribution in [1.29, 1.82) is 0 Å². The summed E-state index contributed by atoms with van der Waals surface area (Å²) in [5.74, 6) is 0.562. The molecule has 0 saturated heterocycles. The van der Waals surface area contributed by atoms with Crippen molar-refractivity contribution in [3.63, 3.8) is 0 Å². The zero-order chi connectivity index (χ0) is 10.3. The highest BCUT2D eigenvalue weighted by Gasteiger charge is 2.31. The van der Waals surface area contributed by atoms with Gasteiger partial charge in [-0.3, -0.25) is 0 Å². The van der Waals surface area contributed by atoms with Crippen LogP contribution in [-0.4, -0.2) is 0 Å². The van der Waals surface area contributed by atoms with E-state index in [4.69, 9.17) is 34.7 Å². The minimum absolute atomic E-state index is 0.000556. The Balaban J connectivity index is 2.38. The van der Waals surface area contributed by atoms with Crippen molar-refractivity contribution >= 4 is 28.9 Å². The van der Waals surface area contributed by atoms with Gasteiger partial charge in [0.25, 0.3) is 0 Å². The lowest BCUT2D eigenvalue weighted by molar-refractivity contribution is 0.634. The van der Waals surface area contributed by atoms with Crippen molar-refractivity contribution in [2.45, 2.75) is 18.9 Å². The van der Waals surface area contributed by atoms with E-state index in [2.05, 4.69) is 0 Å². The highest BCUT2D eigenvalue weighted by atomic mass is 35.5. The fourth-order valence-electron chi connectivity index (χ4n) is 1.55. The van der Waals surface area contributed by atoms with Crippen LogP contribution in [0.3, 0.4) is 0 Å². The van der Waals surface area contributed by atoms with Gasteiger partial charge in [-0.25, -0.2) is 0 Å². The Bertz CT molecular complexity index is 361. The van der Waals surface area contributed by atoms with Crippen molar-refractivity contribution in [3.05, 3.63) is 27.7 Å². The third-order valence-electron chi connectivity index (χ3n) is 2.63. The molecule has 1 fully saturated rings. The van der Waals surface area contributed by atoms with Crippen LogP contribution in [0.5, 0.6) is 0 Å². The summed E-state index contributed by atoms with van der Waals surface area (Å²) in [7, 11) is 0. The number of anilines is 1. The topological polar surface area (TPSA) is 52.0 Å². The molecule has 14 heavy (non-hydrogen) atoms.